The van der Waals surface area contributed by atoms with Crippen molar-refractivity contribution in [3.63, 3.8) is 0 Å². The predicted molar refractivity (Wildman–Crippen MR) is 55.7 cm³/mol. The summed E-state index contributed by atoms with van der Waals surface area (Å²) >= 11 is 0. The van der Waals surface area contributed by atoms with E-state index in [1.54, 1.807) is 0 Å². The van der Waals surface area contributed by atoms with Crippen molar-refractivity contribution in [2.75, 3.05) is 13.1 Å². The summed E-state index contributed by atoms with van der Waals surface area (Å²) < 4.78 is 0. The van der Waals surface area contributed by atoms with Crippen LogP contribution in [0.25, 0.3) is 0 Å². The molecule has 1 unspecified atom stereocenters. The van der Waals surface area contributed by atoms with Crippen molar-refractivity contribution < 1.29 is 4.79 Å². The monoisotopic (exact) mass is 194 g/mol. The lowest BCUT2D eigenvalue weighted by Gasteiger charge is -2.36. The summed E-state index contributed by atoms with van der Waals surface area (Å²) in [6, 6.07) is -0.213. The van der Waals surface area contributed by atoms with Gasteiger partial charge in [-0.1, -0.05) is 11.6 Å². The van der Waals surface area contributed by atoms with Crippen LogP contribution >= 0.6 is 0 Å². The quantitative estimate of drug-likeness (QED) is 0.539. The number of carbonyl (C=O) groups is 1. The molecule has 1 amide bonds. The zero-order chi connectivity index (χ0) is 9.97. The molecule has 1 fully saturated rings. The first-order valence-corrected chi connectivity index (χ1v) is 5.49. The van der Waals surface area contributed by atoms with Gasteiger partial charge in [0.1, 0.15) is 6.04 Å². The maximum Gasteiger partial charge on any atom is 0.241 e. The fraction of sp³-hybridized carbons (Fsp3) is 0.727. The fourth-order valence-electron chi connectivity index (χ4n) is 2.14. The van der Waals surface area contributed by atoms with Gasteiger partial charge in [-0.25, -0.2) is 0 Å². The van der Waals surface area contributed by atoms with Crippen molar-refractivity contribution in [2.45, 2.75) is 38.1 Å². The summed E-state index contributed by atoms with van der Waals surface area (Å²) in [5.74, 6) is 0.126. The molecule has 3 heteroatoms. The van der Waals surface area contributed by atoms with Gasteiger partial charge < -0.3 is 10.6 Å². The molecular formula is C11H18N2O. The highest BCUT2D eigenvalue weighted by atomic mass is 16.2. The highest BCUT2D eigenvalue weighted by Gasteiger charge is 2.32. The number of hydrogen-bond acceptors (Lipinski definition) is 2. The molecule has 2 aliphatic rings. The van der Waals surface area contributed by atoms with E-state index in [2.05, 4.69) is 6.08 Å². The molecule has 2 N–H and O–H groups in total. The molecule has 1 aliphatic carbocycles. The topological polar surface area (TPSA) is 46.3 Å². The van der Waals surface area contributed by atoms with Gasteiger partial charge in [-0.05, 0) is 32.1 Å². The van der Waals surface area contributed by atoms with Gasteiger partial charge in [0.15, 0.2) is 0 Å². The van der Waals surface area contributed by atoms with Gasteiger partial charge in [0.05, 0.1) is 0 Å². The summed E-state index contributed by atoms with van der Waals surface area (Å²) in [5.41, 5.74) is 7.05. The molecule has 78 valence electrons. The zero-order valence-electron chi connectivity index (χ0n) is 8.54. The third-order valence-corrected chi connectivity index (χ3v) is 3.13. The van der Waals surface area contributed by atoms with Crippen LogP contribution < -0.4 is 5.73 Å². The predicted octanol–water partition coefficient (Wildman–Crippen LogP) is 1.05. The molecule has 1 heterocycles. The van der Waals surface area contributed by atoms with E-state index in [1.165, 1.54) is 31.3 Å². The van der Waals surface area contributed by atoms with Crippen LogP contribution in [0.4, 0.5) is 0 Å². The van der Waals surface area contributed by atoms with Crippen LogP contribution in [-0.4, -0.2) is 29.9 Å². The number of β-lactam (4-membered cyclic amide) rings is 1. The Labute approximate surface area is 84.9 Å². The van der Waals surface area contributed by atoms with Gasteiger partial charge in [0, 0.05) is 13.1 Å². The Balaban J connectivity index is 1.72. The molecule has 14 heavy (non-hydrogen) atoms. The van der Waals surface area contributed by atoms with E-state index >= 15 is 0 Å². The molecule has 0 spiro atoms. The van der Waals surface area contributed by atoms with Crippen molar-refractivity contribution in [3.8, 4) is 0 Å². The molecule has 0 aromatic heterocycles. The van der Waals surface area contributed by atoms with Crippen LogP contribution in [0.3, 0.4) is 0 Å². The summed E-state index contributed by atoms with van der Waals surface area (Å²) in [4.78, 5) is 13.1. The first-order valence-electron chi connectivity index (χ1n) is 5.49. The highest BCUT2D eigenvalue weighted by molar-refractivity contribution is 5.87. The smallest absolute Gasteiger partial charge is 0.241 e. The van der Waals surface area contributed by atoms with Crippen LogP contribution in [0.5, 0.6) is 0 Å². The molecule has 0 radical (unpaired) electrons. The molecule has 0 aromatic rings. The second kappa shape index (κ2) is 4.13. The Bertz CT molecular complexity index is 260. The number of nitrogens with zero attached hydrogens (tertiary/aromatic N) is 1. The van der Waals surface area contributed by atoms with Crippen LogP contribution in [0.1, 0.15) is 32.1 Å². The van der Waals surface area contributed by atoms with E-state index in [4.69, 9.17) is 5.73 Å². The molecule has 0 saturated carbocycles. The van der Waals surface area contributed by atoms with Gasteiger partial charge in [-0.2, -0.15) is 0 Å². The fourth-order valence-corrected chi connectivity index (χ4v) is 2.14. The lowest BCUT2D eigenvalue weighted by molar-refractivity contribution is -0.142. The molecule has 0 bridgehead atoms. The minimum absolute atomic E-state index is 0.126. The number of rotatable bonds is 3. The Morgan fingerprint density at radius 2 is 2.36 bits per heavy atom. The number of carbonyl (C=O) groups excluding carboxylic acids is 1. The van der Waals surface area contributed by atoms with Gasteiger partial charge in [-0.3, -0.25) is 4.79 Å². The first kappa shape index (κ1) is 9.71. The number of hydrogen-bond donors (Lipinski definition) is 1. The number of allylic oxidation sites excluding steroid dienone is 1. The van der Waals surface area contributed by atoms with E-state index < -0.39 is 0 Å². The van der Waals surface area contributed by atoms with E-state index in [-0.39, 0.29) is 11.9 Å². The molecule has 1 atom stereocenters. The number of nitrogens with two attached hydrogens (primary N) is 1. The van der Waals surface area contributed by atoms with Crippen molar-refractivity contribution in [2.24, 2.45) is 5.73 Å². The van der Waals surface area contributed by atoms with Gasteiger partial charge in [0.2, 0.25) is 5.91 Å². The van der Waals surface area contributed by atoms with E-state index in [0.717, 1.165) is 19.5 Å². The van der Waals surface area contributed by atoms with Crippen LogP contribution in [0, 0.1) is 0 Å². The minimum atomic E-state index is -0.213. The van der Waals surface area contributed by atoms with Crippen molar-refractivity contribution in [1.29, 1.82) is 0 Å². The Hall–Kier alpha value is -0.830. The maximum absolute atomic E-state index is 11.2. The lowest BCUT2D eigenvalue weighted by Crippen LogP contribution is -2.60. The van der Waals surface area contributed by atoms with E-state index in [0.29, 0.717) is 0 Å². The second-order valence-corrected chi connectivity index (χ2v) is 4.25. The maximum atomic E-state index is 11.2. The minimum Gasteiger partial charge on any atom is -0.339 e. The molecule has 2 rings (SSSR count). The third-order valence-electron chi connectivity index (χ3n) is 3.13. The van der Waals surface area contributed by atoms with Gasteiger partial charge in [0.25, 0.3) is 0 Å². The van der Waals surface area contributed by atoms with Crippen molar-refractivity contribution in [1.82, 2.24) is 4.90 Å². The van der Waals surface area contributed by atoms with Crippen LogP contribution in [0.2, 0.25) is 0 Å². The summed E-state index contributed by atoms with van der Waals surface area (Å²) in [5, 5.41) is 0. The Morgan fingerprint density at radius 3 is 2.93 bits per heavy atom. The first-order chi connectivity index (χ1) is 6.77. The molecule has 1 aliphatic heterocycles. The van der Waals surface area contributed by atoms with Crippen LogP contribution in [0.15, 0.2) is 11.6 Å². The normalized spacial score (nSPS) is 27.2. The Kier molecular flexibility index (Phi) is 2.87. The SMILES string of the molecule is NC1CN(CCC2=CCCCC2)C1=O. The highest BCUT2D eigenvalue weighted by Crippen LogP contribution is 2.21. The van der Waals surface area contributed by atoms with Crippen molar-refractivity contribution in [3.05, 3.63) is 11.6 Å². The van der Waals surface area contributed by atoms with Gasteiger partial charge in [-0.15, -0.1) is 0 Å². The molecule has 3 nitrogen and oxygen atoms in total. The van der Waals surface area contributed by atoms with Gasteiger partial charge >= 0.3 is 0 Å². The number of amides is 1. The van der Waals surface area contributed by atoms with Crippen LogP contribution in [-0.2, 0) is 4.79 Å². The van der Waals surface area contributed by atoms with Crippen molar-refractivity contribution >= 4 is 5.91 Å². The number of likely N-dealkylation sites (tertiary alicyclic amines) is 1. The largest absolute Gasteiger partial charge is 0.339 e. The Morgan fingerprint density at radius 1 is 1.50 bits per heavy atom. The van der Waals surface area contributed by atoms with E-state index in [9.17, 15) is 4.79 Å². The summed E-state index contributed by atoms with van der Waals surface area (Å²) in [6.45, 7) is 1.63. The third kappa shape index (κ3) is 1.98. The second-order valence-electron chi connectivity index (χ2n) is 4.25. The molecule has 0 aromatic carbocycles. The van der Waals surface area contributed by atoms with E-state index in [1.807, 2.05) is 4.90 Å². The summed E-state index contributed by atoms with van der Waals surface area (Å²) in [7, 11) is 0. The average molecular weight is 194 g/mol. The standard InChI is InChI=1S/C11H18N2O/c12-10-8-13(11(10)14)7-6-9-4-2-1-3-5-9/h4,10H,1-3,5-8,12H2. The molecule has 1 saturated heterocycles. The lowest BCUT2D eigenvalue weighted by atomic mass is 9.96. The summed E-state index contributed by atoms with van der Waals surface area (Å²) in [6.07, 6.45) is 8.50. The molecular weight excluding hydrogens is 176 g/mol. The average Bonchev–Trinajstić information content (AvgIpc) is 2.25. The zero-order valence-corrected chi connectivity index (χ0v) is 8.54.